The molecule has 2 aromatic rings. The molecule has 0 bridgehead atoms. The van der Waals surface area contributed by atoms with Gasteiger partial charge in [-0.05, 0) is 36.8 Å². The molecule has 122 valence electrons. The Morgan fingerprint density at radius 2 is 1.91 bits per heavy atom. The van der Waals surface area contributed by atoms with Gasteiger partial charge >= 0.3 is 5.97 Å². The third-order valence-corrected chi connectivity index (χ3v) is 4.80. The molecule has 5 heteroatoms. The van der Waals surface area contributed by atoms with Crippen molar-refractivity contribution in [3.8, 4) is 0 Å². The highest BCUT2D eigenvalue weighted by atomic mass is 32.1. The molecular formula is C18H21NO3S. The number of hydrogen-bond donors (Lipinski definition) is 2. The van der Waals surface area contributed by atoms with Crippen LogP contribution in [0.5, 0.6) is 0 Å². The van der Waals surface area contributed by atoms with Gasteiger partial charge in [0, 0.05) is 17.3 Å². The van der Waals surface area contributed by atoms with E-state index in [0.29, 0.717) is 12.8 Å². The number of carbonyl (C=O) groups is 2. The first-order valence-corrected chi connectivity index (χ1v) is 8.53. The predicted octanol–water partition coefficient (Wildman–Crippen LogP) is 3.44. The van der Waals surface area contributed by atoms with Gasteiger partial charge in [0.05, 0.1) is 5.92 Å². The summed E-state index contributed by atoms with van der Waals surface area (Å²) >= 11 is 1.55. The van der Waals surface area contributed by atoms with E-state index in [1.807, 2.05) is 54.8 Å². The van der Waals surface area contributed by atoms with Gasteiger partial charge in [0.25, 0.3) is 0 Å². The van der Waals surface area contributed by atoms with Crippen LogP contribution >= 0.6 is 11.3 Å². The van der Waals surface area contributed by atoms with Crippen LogP contribution in [0, 0.1) is 0 Å². The molecule has 0 aliphatic rings. The summed E-state index contributed by atoms with van der Waals surface area (Å²) < 4.78 is 0. The van der Waals surface area contributed by atoms with Crippen molar-refractivity contribution < 1.29 is 14.7 Å². The molecule has 0 spiro atoms. The van der Waals surface area contributed by atoms with Gasteiger partial charge in [-0.15, -0.1) is 11.3 Å². The lowest BCUT2D eigenvalue weighted by molar-refractivity contribution is -0.137. The number of carboxylic acids is 1. The normalized spacial score (nSPS) is 13.3. The lowest BCUT2D eigenvalue weighted by atomic mass is 10.0. The van der Waals surface area contributed by atoms with Gasteiger partial charge in [-0.3, -0.25) is 9.59 Å². The number of hydrogen-bond acceptors (Lipinski definition) is 3. The van der Waals surface area contributed by atoms with E-state index in [4.69, 9.17) is 5.11 Å². The van der Waals surface area contributed by atoms with Crippen molar-refractivity contribution in [2.75, 3.05) is 0 Å². The molecule has 23 heavy (non-hydrogen) atoms. The highest BCUT2D eigenvalue weighted by Gasteiger charge is 2.20. The van der Waals surface area contributed by atoms with Crippen molar-refractivity contribution >= 4 is 23.2 Å². The van der Waals surface area contributed by atoms with Crippen LogP contribution in [0.2, 0.25) is 0 Å². The van der Waals surface area contributed by atoms with Crippen LogP contribution in [-0.4, -0.2) is 23.0 Å². The second-order valence-electron chi connectivity index (χ2n) is 5.56. The number of rotatable bonds is 8. The summed E-state index contributed by atoms with van der Waals surface area (Å²) in [5, 5.41) is 13.9. The molecule has 2 rings (SSSR count). The minimum atomic E-state index is -0.844. The Kier molecular flexibility index (Phi) is 6.35. The van der Waals surface area contributed by atoms with E-state index in [2.05, 4.69) is 5.32 Å². The van der Waals surface area contributed by atoms with Crippen LogP contribution in [0.4, 0.5) is 0 Å². The molecule has 0 radical (unpaired) electrons. The van der Waals surface area contributed by atoms with Crippen LogP contribution in [0.15, 0.2) is 47.8 Å². The fourth-order valence-corrected chi connectivity index (χ4v) is 3.20. The van der Waals surface area contributed by atoms with Gasteiger partial charge < -0.3 is 10.4 Å². The van der Waals surface area contributed by atoms with Crippen LogP contribution < -0.4 is 5.32 Å². The van der Waals surface area contributed by atoms with E-state index < -0.39 is 5.97 Å². The van der Waals surface area contributed by atoms with E-state index in [1.165, 1.54) is 0 Å². The third-order valence-electron chi connectivity index (χ3n) is 3.74. The van der Waals surface area contributed by atoms with Gasteiger partial charge in [0.2, 0.25) is 5.91 Å². The Morgan fingerprint density at radius 3 is 2.52 bits per heavy atom. The molecule has 1 aromatic carbocycles. The molecule has 2 atom stereocenters. The maximum atomic E-state index is 12.4. The smallest absolute Gasteiger partial charge is 0.303 e. The highest BCUT2D eigenvalue weighted by Crippen LogP contribution is 2.21. The molecule has 0 saturated heterocycles. The fraction of sp³-hybridized carbons (Fsp3) is 0.333. The fourth-order valence-electron chi connectivity index (χ4n) is 2.41. The number of amides is 1. The van der Waals surface area contributed by atoms with E-state index in [1.54, 1.807) is 11.3 Å². The van der Waals surface area contributed by atoms with Crippen molar-refractivity contribution in [3.05, 3.63) is 58.3 Å². The first-order chi connectivity index (χ1) is 11.1. The molecule has 0 aliphatic heterocycles. The summed E-state index contributed by atoms with van der Waals surface area (Å²) in [7, 11) is 0. The largest absolute Gasteiger partial charge is 0.481 e. The van der Waals surface area contributed by atoms with Gasteiger partial charge in [0.1, 0.15) is 0 Å². The average molecular weight is 331 g/mol. The predicted molar refractivity (Wildman–Crippen MR) is 91.7 cm³/mol. The van der Waals surface area contributed by atoms with E-state index in [0.717, 1.165) is 10.4 Å². The second kappa shape index (κ2) is 8.48. The Bertz CT molecular complexity index is 625. The molecule has 1 amide bonds. The minimum absolute atomic E-state index is 0.0468. The Hall–Kier alpha value is -2.14. The standard InChI is InChI=1S/C18H21NO3S/c1-13(16-8-5-11-23-16)18(22)19-15(9-10-17(20)21)12-14-6-3-2-4-7-14/h2-8,11,13,15H,9-10,12H2,1H3,(H,19,22)(H,20,21). The first-order valence-electron chi connectivity index (χ1n) is 7.65. The van der Waals surface area contributed by atoms with Crippen molar-refractivity contribution in [1.29, 1.82) is 0 Å². The number of thiophene rings is 1. The number of aliphatic carboxylic acids is 1. The van der Waals surface area contributed by atoms with Crippen LogP contribution in [0.3, 0.4) is 0 Å². The lowest BCUT2D eigenvalue weighted by Crippen LogP contribution is -2.39. The summed E-state index contributed by atoms with van der Waals surface area (Å²) in [6.45, 7) is 1.87. The Labute approximate surface area is 140 Å². The van der Waals surface area contributed by atoms with E-state index in [9.17, 15) is 9.59 Å². The summed E-state index contributed by atoms with van der Waals surface area (Å²) in [6, 6.07) is 13.5. The molecule has 1 aromatic heterocycles. The Balaban J connectivity index is 2.01. The number of carboxylic acid groups (broad SMARTS) is 1. The van der Waals surface area contributed by atoms with Gasteiger partial charge in [0.15, 0.2) is 0 Å². The Morgan fingerprint density at radius 1 is 1.17 bits per heavy atom. The first kappa shape index (κ1) is 17.2. The summed E-state index contributed by atoms with van der Waals surface area (Å²) in [4.78, 5) is 24.3. The zero-order valence-electron chi connectivity index (χ0n) is 13.1. The van der Waals surface area contributed by atoms with E-state index >= 15 is 0 Å². The molecule has 1 heterocycles. The topological polar surface area (TPSA) is 66.4 Å². The summed E-state index contributed by atoms with van der Waals surface area (Å²) in [5.74, 6) is -1.12. The SMILES string of the molecule is CC(C(=O)NC(CCC(=O)O)Cc1ccccc1)c1cccs1. The van der Waals surface area contributed by atoms with Gasteiger partial charge in [-0.1, -0.05) is 36.4 Å². The van der Waals surface area contributed by atoms with Gasteiger partial charge in [-0.25, -0.2) is 0 Å². The zero-order valence-corrected chi connectivity index (χ0v) is 13.9. The highest BCUT2D eigenvalue weighted by molar-refractivity contribution is 7.10. The van der Waals surface area contributed by atoms with Crippen LogP contribution in [-0.2, 0) is 16.0 Å². The molecule has 2 N–H and O–H groups in total. The minimum Gasteiger partial charge on any atom is -0.481 e. The average Bonchev–Trinajstić information content (AvgIpc) is 3.07. The van der Waals surface area contributed by atoms with Crippen molar-refractivity contribution in [2.24, 2.45) is 0 Å². The lowest BCUT2D eigenvalue weighted by Gasteiger charge is -2.20. The maximum Gasteiger partial charge on any atom is 0.303 e. The van der Waals surface area contributed by atoms with Crippen LogP contribution in [0.1, 0.15) is 36.1 Å². The van der Waals surface area contributed by atoms with Crippen molar-refractivity contribution in [2.45, 2.75) is 38.1 Å². The number of carbonyl (C=O) groups excluding carboxylic acids is 1. The third kappa shape index (κ3) is 5.53. The zero-order chi connectivity index (χ0) is 16.7. The molecule has 2 unspecified atom stereocenters. The quantitative estimate of drug-likeness (QED) is 0.778. The van der Waals surface area contributed by atoms with Crippen molar-refractivity contribution in [1.82, 2.24) is 5.32 Å². The molecule has 0 fully saturated rings. The van der Waals surface area contributed by atoms with Crippen molar-refractivity contribution in [3.63, 3.8) is 0 Å². The van der Waals surface area contributed by atoms with Crippen LogP contribution in [0.25, 0.3) is 0 Å². The summed E-state index contributed by atoms with van der Waals surface area (Å²) in [5.41, 5.74) is 1.09. The summed E-state index contributed by atoms with van der Waals surface area (Å²) in [6.07, 6.45) is 1.11. The number of benzene rings is 1. The molecule has 4 nitrogen and oxygen atoms in total. The molecule has 0 saturated carbocycles. The van der Waals surface area contributed by atoms with E-state index in [-0.39, 0.29) is 24.3 Å². The monoisotopic (exact) mass is 331 g/mol. The molecule has 0 aliphatic carbocycles. The second-order valence-corrected chi connectivity index (χ2v) is 6.54. The number of nitrogens with one attached hydrogen (secondary N) is 1. The molecular weight excluding hydrogens is 310 g/mol. The van der Waals surface area contributed by atoms with Gasteiger partial charge in [-0.2, -0.15) is 0 Å². The maximum absolute atomic E-state index is 12.4.